The van der Waals surface area contributed by atoms with Gasteiger partial charge in [-0.15, -0.1) is 0 Å². The molecule has 1 aromatic heterocycles. The molecule has 0 aliphatic rings. The molecular formula is C18H19N5O. The lowest BCUT2D eigenvalue weighted by Gasteiger charge is -2.23. The molecule has 0 bridgehead atoms. The van der Waals surface area contributed by atoms with E-state index in [1.54, 1.807) is 7.05 Å². The van der Waals surface area contributed by atoms with Gasteiger partial charge in [0.2, 0.25) is 11.9 Å². The molecule has 0 saturated carbocycles. The third-order valence-corrected chi connectivity index (χ3v) is 3.33. The van der Waals surface area contributed by atoms with Crippen molar-refractivity contribution >= 4 is 23.3 Å². The van der Waals surface area contributed by atoms with Gasteiger partial charge in [0.1, 0.15) is 0 Å². The van der Waals surface area contributed by atoms with E-state index in [1.165, 1.54) is 0 Å². The summed E-state index contributed by atoms with van der Waals surface area (Å²) in [5.74, 6) is 0.954. The van der Waals surface area contributed by atoms with Gasteiger partial charge in [-0.05, 0) is 31.2 Å². The molecule has 6 heteroatoms. The maximum atomic E-state index is 5.48. The third-order valence-electron chi connectivity index (χ3n) is 3.33. The molecule has 0 amide bonds. The van der Waals surface area contributed by atoms with Crippen molar-refractivity contribution in [1.29, 1.82) is 0 Å². The summed E-state index contributed by atoms with van der Waals surface area (Å²) in [4.78, 5) is 15.2. The topological polar surface area (TPSA) is 63.2 Å². The van der Waals surface area contributed by atoms with E-state index in [4.69, 9.17) is 4.74 Å². The minimum Gasteiger partial charge on any atom is -0.464 e. The Kier molecular flexibility index (Phi) is 4.86. The second kappa shape index (κ2) is 7.41. The van der Waals surface area contributed by atoms with Crippen LogP contribution in [0.4, 0.5) is 23.3 Å². The van der Waals surface area contributed by atoms with Gasteiger partial charge in [-0.1, -0.05) is 36.4 Å². The fourth-order valence-electron chi connectivity index (χ4n) is 2.29. The van der Waals surface area contributed by atoms with Crippen molar-refractivity contribution in [2.24, 2.45) is 0 Å². The number of anilines is 4. The highest BCUT2D eigenvalue weighted by atomic mass is 16.5. The molecule has 0 aliphatic heterocycles. The lowest BCUT2D eigenvalue weighted by Crippen LogP contribution is -2.15. The van der Waals surface area contributed by atoms with Crippen LogP contribution in [0.25, 0.3) is 0 Å². The number of rotatable bonds is 6. The minimum absolute atomic E-state index is 0.295. The smallest absolute Gasteiger partial charge is 0.323 e. The molecular weight excluding hydrogens is 302 g/mol. The number of nitrogens with zero attached hydrogens (tertiary/aromatic N) is 4. The predicted molar refractivity (Wildman–Crippen MR) is 95.2 cm³/mol. The lowest BCUT2D eigenvalue weighted by molar-refractivity contribution is 0.312. The Morgan fingerprint density at radius 1 is 0.875 bits per heavy atom. The zero-order chi connectivity index (χ0) is 16.8. The molecule has 0 radical (unpaired) electrons. The maximum absolute atomic E-state index is 5.48. The van der Waals surface area contributed by atoms with Crippen molar-refractivity contribution in [3.63, 3.8) is 0 Å². The van der Waals surface area contributed by atoms with E-state index < -0.39 is 0 Å². The quantitative estimate of drug-likeness (QED) is 0.745. The Labute approximate surface area is 141 Å². The van der Waals surface area contributed by atoms with Crippen LogP contribution in [-0.4, -0.2) is 28.6 Å². The van der Waals surface area contributed by atoms with Crippen LogP contribution >= 0.6 is 0 Å². The number of nitrogens with one attached hydrogen (secondary N) is 1. The van der Waals surface area contributed by atoms with E-state index in [-0.39, 0.29) is 0 Å². The molecule has 2 aromatic carbocycles. The number of benzene rings is 2. The second-order valence-electron chi connectivity index (χ2n) is 4.93. The fraction of sp³-hybridized carbons (Fsp3) is 0.167. The molecule has 3 aromatic rings. The van der Waals surface area contributed by atoms with E-state index in [0.29, 0.717) is 24.5 Å². The van der Waals surface area contributed by atoms with Gasteiger partial charge in [0.15, 0.2) is 0 Å². The SMILES string of the molecule is CCOc1nc(NC)nc(N(c2ccccc2)c2ccccc2)n1. The number of aromatic nitrogens is 3. The van der Waals surface area contributed by atoms with Crippen molar-refractivity contribution in [1.82, 2.24) is 15.0 Å². The van der Waals surface area contributed by atoms with Crippen LogP contribution in [-0.2, 0) is 0 Å². The molecule has 0 aliphatic carbocycles. The first-order valence-electron chi connectivity index (χ1n) is 7.78. The highest BCUT2D eigenvalue weighted by Crippen LogP contribution is 2.32. The van der Waals surface area contributed by atoms with Gasteiger partial charge in [-0.25, -0.2) is 0 Å². The molecule has 0 atom stereocenters. The van der Waals surface area contributed by atoms with Gasteiger partial charge in [-0.3, -0.25) is 4.90 Å². The summed E-state index contributed by atoms with van der Waals surface area (Å²) in [5.41, 5.74) is 1.92. The first-order valence-corrected chi connectivity index (χ1v) is 7.78. The van der Waals surface area contributed by atoms with Crippen LogP contribution in [0.5, 0.6) is 6.01 Å². The van der Waals surface area contributed by atoms with E-state index >= 15 is 0 Å². The van der Waals surface area contributed by atoms with Gasteiger partial charge in [0.25, 0.3) is 0 Å². The molecule has 24 heavy (non-hydrogen) atoms. The van der Waals surface area contributed by atoms with Crippen LogP contribution in [0.2, 0.25) is 0 Å². The highest BCUT2D eigenvalue weighted by Gasteiger charge is 2.17. The average molecular weight is 321 g/mol. The summed E-state index contributed by atoms with van der Waals surface area (Å²) in [6.07, 6.45) is 0. The van der Waals surface area contributed by atoms with Crippen LogP contribution in [0, 0.1) is 0 Å². The molecule has 0 unspecified atom stereocenters. The molecule has 3 rings (SSSR count). The number of hydrogen-bond acceptors (Lipinski definition) is 6. The first-order chi connectivity index (χ1) is 11.8. The van der Waals surface area contributed by atoms with Gasteiger partial charge in [-0.2, -0.15) is 15.0 Å². The minimum atomic E-state index is 0.295. The van der Waals surface area contributed by atoms with Gasteiger partial charge < -0.3 is 10.1 Å². The highest BCUT2D eigenvalue weighted by molar-refractivity contribution is 5.72. The third kappa shape index (κ3) is 3.43. The Morgan fingerprint density at radius 3 is 1.96 bits per heavy atom. The van der Waals surface area contributed by atoms with E-state index in [0.717, 1.165) is 11.4 Å². The van der Waals surface area contributed by atoms with Crippen molar-refractivity contribution in [2.45, 2.75) is 6.92 Å². The van der Waals surface area contributed by atoms with Crippen LogP contribution in [0.1, 0.15) is 6.92 Å². The largest absolute Gasteiger partial charge is 0.464 e. The molecule has 6 nitrogen and oxygen atoms in total. The molecule has 0 saturated heterocycles. The lowest BCUT2D eigenvalue weighted by atomic mass is 10.2. The second-order valence-corrected chi connectivity index (χ2v) is 4.93. The summed E-state index contributed by atoms with van der Waals surface area (Å²) in [5, 5.41) is 2.96. The van der Waals surface area contributed by atoms with Crippen molar-refractivity contribution in [3.05, 3.63) is 60.7 Å². The zero-order valence-electron chi connectivity index (χ0n) is 13.7. The summed E-state index contributed by atoms with van der Waals surface area (Å²) in [6.45, 7) is 2.39. The van der Waals surface area contributed by atoms with E-state index in [9.17, 15) is 0 Å². The molecule has 1 heterocycles. The van der Waals surface area contributed by atoms with Crippen LogP contribution < -0.4 is 15.0 Å². The summed E-state index contributed by atoms with van der Waals surface area (Å²) in [6, 6.07) is 20.2. The van der Waals surface area contributed by atoms with E-state index in [2.05, 4.69) is 20.3 Å². The van der Waals surface area contributed by atoms with Gasteiger partial charge >= 0.3 is 6.01 Å². The fourth-order valence-corrected chi connectivity index (χ4v) is 2.29. The normalized spacial score (nSPS) is 10.2. The van der Waals surface area contributed by atoms with Crippen molar-refractivity contribution in [2.75, 3.05) is 23.9 Å². The Morgan fingerprint density at radius 2 is 1.46 bits per heavy atom. The number of ether oxygens (including phenoxy) is 1. The Balaban J connectivity index is 2.14. The maximum Gasteiger partial charge on any atom is 0.323 e. The predicted octanol–water partition coefficient (Wildman–Crippen LogP) is 3.78. The van der Waals surface area contributed by atoms with Crippen LogP contribution in [0.15, 0.2) is 60.7 Å². The summed E-state index contributed by atoms with van der Waals surface area (Å²) >= 11 is 0. The average Bonchev–Trinajstić information content (AvgIpc) is 2.64. The number of para-hydroxylation sites is 2. The molecule has 122 valence electrons. The summed E-state index contributed by atoms with van der Waals surface area (Å²) < 4.78 is 5.48. The van der Waals surface area contributed by atoms with Crippen molar-refractivity contribution in [3.8, 4) is 6.01 Å². The Bertz CT molecular complexity index is 740. The van der Waals surface area contributed by atoms with Crippen LogP contribution in [0.3, 0.4) is 0 Å². The first kappa shape index (κ1) is 15.7. The standard InChI is InChI=1S/C18H19N5O/c1-3-24-18-21-16(19-2)20-17(22-18)23(14-10-6-4-7-11-14)15-12-8-5-9-13-15/h4-13H,3H2,1-2H3,(H,19,20,21,22). The molecule has 0 spiro atoms. The zero-order valence-corrected chi connectivity index (χ0v) is 13.7. The monoisotopic (exact) mass is 321 g/mol. The van der Waals surface area contributed by atoms with Crippen molar-refractivity contribution < 1.29 is 4.74 Å². The number of hydrogen-bond donors (Lipinski definition) is 1. The molecule has 1 N–H and O–H groups in total. The molecule has 0 fully saturated rings. The van der Waals surface area contributed by atoms with E-state index in [1.807, 2.05) is 72.5 Å². The van der Waals surface area contributed by atoms with Gasteiger partial charge in [0, 0.05) is 18.4 Å². The Hall–Kier alpha value is -3.15. The summed E-state index contributed by atoms with van der Waals surface area (Å²) in [7, 11) is 1.77. The van der Waals surface area contributed by atoms with Gasteiger partial charge in [0.05, 0.1) is 6.61 Å².